The zero-order valence-electron chi connectivity index (χ0n) is 22.8. The number of amidine groups is 1. The maximum atomic E-state index is 13.5. The second kappa shape index (κ2) is 11.9. The Morgan fingerprint density at radius 3 is 2.36 bits per heavy atom. The zero-order chi connectivity index (χ0) is 28.3. The molecule has 1 aliphatic heterocycles. The number of hydrogen-bond acceptors (Lipinski definition) is 6. The number of benzene rings is 2. The number of para-hydroxylation sites is 1. The molecule has 3 aromatic rings. The number of carbonyl (C=O) groups excluding carboxylic acids is 3. The molecule has 0 bridgehead atoms. The van der Waals surface area contributed by atoms with Crippen molar-refractivity contribution in [2.24, 2.45) is 12.0 Å². The fourth-order valence-corrected chi connectivity index (χ4v) is 5.82. The summed E-state index contributed by atoms with van der Waals surface area (Å²) in [6, 6.07) is 15.8. The van der Waals surface area contributed by atoms with Crippen LogP contribution in [-0.2, 0) is 16.6 Å². The summed E-state index contributed by atoms with van der Waals surface area (Å²) < 4.78 is 3.30. The second-order valence-electron chi connectivity index (χ2n) is 9.64. The third kappa shape index (κ3) is 5.90. The van der Waals surface area contributed by atoms with Gasteiger partial charge < -0.3 is 5.32 Å². The summed E-state index contributed by atoms with van der Waals surface area (Å²) in [6.07, 6.45) is 1.58. The monoisotopic (exact) mass is 547 g/mol. The molecule has 1 saturated heterocycles. The molecule has 2 atom stereocenters. The van der Waals surface area contributed by atoms with Crippen molar-refractivity contribution in [2.75, 3.05) is 5.32 Å². The van der Waals surface area contributed by atoms with E-state index < -0.39 is 5.25 Å². The molecule has 10 heteroatoms. The van der Waals surface area contributed by atoms with Gasteiger partial charge in [-0.1, -0.05) is 43.3 Å². The van der Waals surface area contributed by atoms with Crippen molar-refractivity contribution in [2.45, 2.75) is 58.2 Å². The molecule has 2 aromatic carbocycles. The number of aromatic nitrogens is 2. The molecular weight excluding hydrogens is 514 g/mol. The van der Waals surface area contributed by atoms with E-state index in [0.29, 0.717) is 22.1 Å². The molecular formula is C29H33N5O4S. The normalized spacial score (nSPS) is 17.1. The number of anilines is 1. The number of carbonyl (C=O) groups is 3. The first kappa shape index (κ1) is 28.1. The van der Waals surface area contributed by atoms with Crippen LogP contribution in [0.15, 0.2) is 64.4 Å². The van der Waals surface area contributed by atoms with Gasteiger partial charge in [0.15, 0.2) is 16.6 Å². The third-order valence-electron chi connectivity index (χ3n) is 6.79. The summed E-state index contributed by atoms with van der Waals surface area (Å²) >= 11 is 1.21. The Hall–Kier alpha value is -3.92. The predicted octanol–water partition coefficient (Wildman–Crippen LogP) is 4.84. The maximum Gasteiger partial charge on any atom is 0.297 e. The van der Waals surface area contributed by atoms with Crippen LogP contribution in [-0.4, -0.2) is 48.3 Å². The van der Waals surface area contributed by atoms with E-state index >= 15 is 0 Å². The highest BCUT2D eigenvalue weighted by Gasteiger charge is 2.41. The number of thioether (sulfide) groups is 1. The van der Waals surface area contributed by atoms with E-state index in [0.717, 1.165) is 18.5 Å². The van der Waals surface area contributed by atoms with Gasteiger partial charge in [0, 0.05) is 30.8 Å². The Bertz CT molecular complexity index is 1470. The number of hydrogen-bond donors (Lipinski definition) is 1. The molecule has 1 aliphatic rings. The van der Waals surface area contributed by atoms with Gasteiger partial charge in [0.1, 0.15) is 5.25 Å². The Morgan fingerprint density at radius 1 is 1.08 bits per heavy atom. The van der Waals surface area contributed by atoms with Gasteiger partial charge in [-0.2, -0.15) is 0 Å². The third-order valence-corrected chi connectivity index (χ3v) is 7.94. The van der Waals surface area contributed by atoms with E-state index in [4.69, 9.17) is 4.99 Å². The average Bonchev–Trinajstić information content (AvgIpc) is 3.32. The van der Waals surface area contributed by atoms with E-state index in [2.05, 4.69) is 5.32 Å². The minimum absolute atomic E-state index is 0.0473. The molecule has 204 valence electrons. The SMILES string of the molecule is CCC[C@@H](C)N1C(=O)[C@@H](CC(=O)Nc2ccc(C(C)=O)cc2)SC1=Nc1c(C)n(C)n(-c2ccccc2)c1=O. The van der Waals surface area contributed by atoms with Gasteiger partial charge in [-0.25, -0.2) is 9.67 Å². The number of Topliss-reactive ketones (excluding diaryl/α,β-unsaturated/α-hetero) is 1. The second-order valence-corrected chi connectivity index (χ2v) is 10.8. The minimum Gasteiger partial charge on any atom is -0.326 e. The fraction of sp³-hybridized carbons (Fsp3) is 0.345. The quantitative estimate of drug-likeness (QED) is 0.386. The van der Waals surface area contributed by atoms with E-state index in [1.54, 1.807) is 45.6 Å². The molecule has 1 aromatic heterocycles. The number of aliphatic imine (C=N–C) groups is 1. The number of rotatable bonds is 9. The highest BCUT2D eigenvalue weighted by Crippen LogP contribution is 2.34. The Kier molecular flexibility index (Phi) is 8.54. The number of nitrogens with one attached hydrogen (secondary N) is 1. The standard InChI is InChI=1S/C29H33N5O4S/c1-6-10-18(2)33-27(37)24(17-25(36)30-22-15-13-21(14-16-22)20(4)35)39-29(33)31-26-19(3)32(5)34(28(26)38)23-11-8-7-9-12-23/h7-9,11-16,18,24H,6,10,17H2,1-5H3,(H,30,36)/t18-,24-/m1/s1. The lowest BCUT2D eigenvalue weighted by molar-refractivity contribution is -0.129. The van der Waals surface area contributed by atoms with Crippen LogP contribution >= 0.6 is 11.8 Å². The van der Waals surface area contributed by atoms with Crippen LogP contribution in [0.1, 0.15) is 56.1 Å². The van der Waals surface area contributed by atoms with Gasteiger partial charge in [0.25, 0.3) is 5.56 Å². The summed E-state index contributed by atoms with van der Waals surface area (Å²) in [5.41, 5.74) is 2.48. The van der Waals surface area contributed by atoms with Gasteiger partial charge in [0.05, 0.1) is 11.4 Å². The first-order valence-corrected chi connectivity index (χ1v) is 13.8. The Balaban J connectivity index is 1.62. The van der Waals surface area contributed by atoms with Crippen molar-refractivity contribution in [3.8, 4) is 5.69 Å². The van der Waals surface area contributed by atoms with Gasteiger partial charge in [-0.05, 0) is 63.6 Å². The van der Waals surface area contributed by atoms with Crippen LogP contribution in [0.2, 0.25) is 0 Å². The van der Waals surface area contributed by atoms with E-state index in [9.17, 15) is 19.2 Å². The molecule has 0 aliphatic carbocycles. The fourth-order valence-electron chi connectivity index (χ4n) is 4.59. The van der Waals surface area contributed by atoms with Crippen molar-refractivity contribution < 1.29 is 14.4 Å². The van der Waals surface area contributed by atoms with Crippen LogP contribution in [0, 0.1) is 6.92 Å². The summed E-state index contributed by atoms with van der Waals surface area (Å²) in [7, 11) is 1.80. The smallest absolute Gasteiger partial charge is 0.297 e. The van der Waals surface area contributed by atoms with Gasteiger partial charge in [0.2, 0.25) is 11.8 Å². The van der Waals surface area contributed by atoms with Crippen molar-refractivity contribution in [1.29, 1.82) is 0 Å². The van der Waals surface area contributed by atoms with Crippen molar-refractivity contribution in [3.63, 3.8) is 0 Å². The molecule has 2 heterocycles. The first-order valence-electron chi connectivity index (χ1n) is 13.0. The Morgan fingerprint density at radius 2 is 1.74 bits per heavy atom. The minimum atomic E-state index is -0.667. The van der Waals surface area contributed by atoms with Crippen LogP contribution in [0.4, 0.5) is 11.4 Å². The van der Waals surface area contributed by atoms with Crippen LogP contribution in [0.5, 0.6) is 0 Å². The molecule has 1 fully saturated rings. The van der Waals surface area contributed by atoms with Crippen molar-refractivity contribution >= 4 is 45.9 Å². The van der Waals surface area contributed by atoms with E-state index in [-0.39, 0.29) is 41.3 Å². The van der Waals surface area contributed by atoms with E-state index in [1.165, 1.54) is 18.7 Å². The predicted molar refractivity (Wildman–Crippen MR) is 155 cm³/mol. The number of amides is 2. The lowest BCUT2D eigenvalue weighted by atomic mass is 10.1. The first-order chi connectivity index (χ1) is 18.6. The molecule has 0 unspecified atom stereocenters. The average molecular weight is 548 g/mol. The molecule has 39 heavy (non-hydrogen) atoms. The van der Waals surface area contributed by atoms with Gasteiger partial charge >= 0.3 is 0 Å². The summed E-state index contributed by atoms with van der Waals surface area (Å²) in [5, 5.41) is 2.57. The van der Waals surface area contributed by atoms with Gasteiger partial charge in [-0.3, -0.25) is 28.8 Å². The zero-order valence-corrected chi connectivity index (χ0v) is 23.6. The van der Waals surface area contributed by atoms with Crippen LogP contribution < -0.4 is 10.9 Å². The van der Waals surface area contributed by atoms with Crippen LogP contribution in [0.3, 0.4) is 0 Å². The molecule has 1 N–H and O–H groups in total. The number of ketones is 1. The van der Waals surface area contributed by atoms with E-state index in [1.807, 2.05) is 51.1 Å². The van der Waals surface area contributed by atoms with Crippen molar-refractivity contribution in [1.82, 2.24) is 14.3 Å². The summed E-state index contributed by atoms with van der Waals surface area (Å²) in [4.78, 5) is 57.7. The molecule has 9 nitrogen and oxygen atoms in total. The van der Waals surface area contributed by atoms with Gasteiger partial charge in [-0.15, -0.1) is 0 Å². The molecule has 2 amide bonds. The summed E-state index contributed by atoms with van der Waals surface area (Å²) in [5.74, 6) is -0.569. The molecule has 0 spiro atoms. The lowest BCUT2D eigenvalue weighted by Crippen LogP contribution is -2.40. The highest BCUT2D eigenvalue weighted by atomic mass is 32.2. The summed E-state index contributed by atoms with van der Waals surface area (Å²) in [6.45, 7) is 7.30. The molecule has 0 radical (unpaired) electrons. The highest BCUT2D eigenvalue weighted by molar-refractivity contribution is 8.15. The Labute approximate surface area is 231 Å². The largest absolute Gasteiger partial charge is 0.326 e. The topological polar surface area (TPSA) is 106 Å². The maximum absolute atomic E-state index is 13.5. The number of nitrogens with zero attached hydrogens (tertiary/aromatic N) is 4. The van der Waals surface area contributed by atoms with Crippen LogP contribution in [0.25, 0.3) is 5.69 Å². The van der Waals surface area contributed by atoms with Crippen molar-refractivity contribution in [3.05, 3.63) is 76.2 Å². The molecule has 4 rings (SSSR count). The lowest BCUT2D eigenvalue weighted by Gasteiger charge is -2.24. The molecule has 0 saturated carbocycles.